The van der Waals surface area contributed by atoms with Crippen molar-refractivity contribution in [3.05, 3.63) is 42.5 Å². The zero-order chi connectivity index (χ0) is 20.6. The van der Waals surface area contributed by atoms with Gasteiger partial charge in [0.25, 0.3) is 5.91 Å². The molecule has 2 aromatic carbocycles. The first-order valence-electron chi connectivity index (χ1n) is 8.85. The molecule has 0 saturated carbocycles. The highest BCUT2D eigenvalue weighted by Crippen LogP contribution is 2.34. The van der Waals surface area contributed by atoms with Gasteiger partial charge in [0.05, 0.1) is 5.75 Å². The smallest absolute Gasteiger partial charge is 0.316 e. The van der Waals surface area contributed by atoms with Crippen LogP contribution in [0.25, 0.3) is 0 Å². The van der Waals surface area contributed by atoms with E-state index in [9.17, 15) is 14.4 Å². The van der Waals surface area contributed by atoms with Gasteiger partial charge in [-0.25, -0.2) is 0 Å². The second kappa shape index (κ2) is 9.83. The van der Waals surface area contributed by atoms with Crippen molar-refractivity contribution >= 4 is 40.9 Å². The summed E-state index contributed by atoms with van der Waals surface area (Å²) in [5.41, 5.74) is 1.16. The summed E-state index contributed by atoms with van der Waals surface area (Å²) in [6.07, 6.45) is 0. The molecule has 8 nitrogen and oxygen atoms in total. The van der Waals surface area contributed by atoms with Gasteiger partial charge in [0.15, 0.2) is 18.1 Å². The Labute approximate surface area is 171 Å². The Morgan fingerprint density at radius 2 is 1.62 bits per heavy atom. The first-order chi connectivity index (χ1) is 14.0. The number of thioether (sulfide) groups is 1. The van der Waals surface area contributed by atoms with Gasteiger partial charge in [0, 0.05) is 23.2 Å². The van der Waals surface area contributed by atoms with Gasteiger partial charge in [0.1, 0.15) is 13.2 Å². The molecule has 2 N–H and O–H groups in total. The number of rotatable bonds is 7. The Kier molecular flexibility index (Phi) is 6.96. The molecule has 0 atom stereocenters. The number of anilines is 2. The molecule has 2 amide bonds. The minimum absolute atomic E-state index is 0.0678. The maximum absolute atomic E-state index is 11.9. The third-order valence-corrected chi connectivity index (χ3v) is 4.69. The van der Waals surface area contributed by atoms with Gasteiger partial charge in [-0.05, 0) is 42.5 Å². The van der Waals surface area contributed by atoms with E-state index in [2.05, 4.69) is 10.6 Å². The summed E-state index contributed by atoms with van der Waals surface area (Å²) in [6, 6.07) is 12.0. The number of esters is 1. The molecule has 0 spiro atoms. The van der Waals surface area contributed by atoms with Crippen molar-refractivity contribution < 1.29 is 28.6 Å². The lowest BCUT2D eigenvalue weighted by atomic mass is 10.2. The standard InChI is InChI=1S/C20H20N2O6S/c1-13(23)21-14-2-4-15(5-3-14)22-19(24)11-28-20(25)12-29-16-6-7-17-18(10-16)27-9-8-26-17/h2-7,10H,8-9,11-12H2,1H3,(H,21,23)(H,22,24). The zero-order valence-electron chi connectivity index (χ0n) is 15.7. The summed E-state index contributed by atoms with van der Waals surface area (Å²) in [5, 5.41) is 5.25. The first kappa shape index (κ1) is 20.5. The normalized spacial score (nSPS) is 12.0. The van der Waals surface area contributed by atoms with E-state index in [0.717, 1.165) is 4.90 Å². The minimum atomic E-state index is -0.499. The molecule has 3 rings (SSSR count). The molecular formula is C20H20N2O6S. The Balaban J connectivity index is 1.39. The predicted molar refractivity (Wildman–Crippen MR) is 108 cm³/mol. The van der Waals surface area contributed by atoms with Gasteiger partial charge < -0.3 is 24.8 Å². The summed E-state index contributed by atoms with van der Waals surface area (Å²) in [4.78, 5) is 35.6. The van der Waals surface area contributed by atoms with Crippen LogP contribution in [-0.4, -0.2) is 43.4 Å². The third-order valence-electron chi connectivity index (χ3n) is 3.72. The van der Waals surface area contributed by atoms with Gasteiger partial charge in [-0.15, -0.1) is 11.8 Å². The molecule has 0 saturated heterocycles. The number of ether oxygens (including phenoxy) is 3. The molecule has 0 aromatic heterocycles. The number of benzene rings is 2. The summed E-state index contributed by atoms with van der Waals surface area (Å²) < 4.78 is 16.0. The van der Waals surface area contributed by atoms with Crippen molar-refractivity contribution in [2.75, 3.05) is 36.2 Å². The number of carbonyl (C=O) groups excluding carboxylic acids is 3. The van der Waals surface area contributed by atoms with E-state index in [-0.39, 0.29) is 18.3 Å². The largest absolute Gasteiger partial charge is 0.486 e. The van der Waals surface area contributed by atoms with Crippen LogP contribution in [-0.2, 0) is 19.1 Å². The molecule has 29 heavy (non-hydrogen) atoms. The van der Waals surface area contributed by atoms with Crippen molar-refractivity contribution in [1.29, 1.82) is 0 Å². The molecule has 1 aliphatic rings. The van der Waals surface area contributed by atoms with Gasteiger partial charge in [0.2, 0.25) is 5.91 Å². The number of amides is 2. The van der Waals surface area contributed by atoms with Crippen LogP contribution >= 0.6 is 11.8 Å². The van der Waals surface area contributed by atoms with Gasteiger partial charge in [-0.2, -0.15) is 0 Å². The number of carbonyl (C=O) groups is 3. The highest BCUT2D eigenvalue weighted by atomic mass is 32.2. The zero-order valence-corrected chi connectivity index (χ0v) is 16.5. The van der Waals surface area contributed by atoms with E-state index < -0.39 is 11.9 Å². The quantitative estimate of drug-likeness (QED) is 0.528. The van der Waals surface area contributed by atoms with Gasteiger partial charge in [-0.3, -0.25) is 14.4 Å². The van der Waals surface area contributed by atoms with Crippen LogP contribution in [0.2, 0.25) is 0 Å². The van der Waals surface area contributed by atoms with E-state index in [1.54, 1.807) is 30.3 Å². The van der Waals surface area contributed by atoms with Crippen LogP contribution in [0, 0.1) is 0 Å². The Bertz CT molecular complexity index is 900. The summed E-state index contributed by atoms with van der Waals surface area (Å²) in [5.74, 6) is 0.278. The van der Waals surface area contributed by atoms with E-state index >= 15 is 0 Å². The summed E-state index contributed by atoms with van der Waals surface area (Å²) in [7, 11) is 0. The fourth-order valence-electron chi connectivity index (χ4n) is 2.48. The second-order valence-corrected chi connectivity index (χ2v) is 7.11. The number of nitrogens with one attached hydrogen (secondary N) is 2. The van der Waals surface area contributed by atoms with Gasteiger partial charge >= 0.3 is 5.97 Å². The van der Waals surface area contributed by atoms with Crippen LogP contribution < -0.4 is 20.1 Å². The lowest BCUT2D eigenvalue weighted by molar-refractivity contribution is -0.144. The third kappa shape index (κ3) is 6.42. The summed E-state index contributed by atoms with van der Waals surface area (Å²) in [6.45, 7) is 2.05. The SMILES string of the molecule is CC(=O)Nc1ccc(NC(=O)COC(=O)CSc2ccc3c(c2)OCCO3)cc1. The highest BCUT2D eigenvalue weighted by molar-refractivity contribution is 8.00. The predicted octanol–water partition coefficient (Wildman–Crippen LogP) is 2.69. The van der Waals surface area contributed by atoms with E-state index in [0.29, 0.717) is 36.1 Å². The van der Waals surface area contributed by atoms with Crippen LogP contribution in [0.5, 0.6) is 11.5 Å². The fraction of sp³-hybridized carbons (Fsp3) is 0.250. The lowest BCUT2D eigenvalue weighted by Crippen LogP contribution is -2.21. The van der Waals surface area contributed by atoms with E-state index in [4.69, 9.17) is 14.2 Å². The van der Waals surface area contributed by atoms with E-state index in [1.807, 2.05) is 12.1 Å². The maximum Gasteiger partial charge on any atom is 0.316 e. The molecule has 152 valence electrons. The van der Waals surface area contributed by atoms with Crippen LogP contribution in [0.15, 0.2) is 47.4 Å². The number of fused-ring (bicyclic) bond motifs is 1. The number of hydrogen-bond acceptors (Lipinski definition) is 7. The van der Waals surface area contributed by atoms with Crippen LogP contribution in [0.4, 0.5) is 11.4 Å². The highest BCUT2D eigenvalue weighted by Gasteiger charge is 2.13. The van der Waals surface area contributed by atoms with E-state index in [1.165, 1.54) is 18.7 Å². The van der Waals surface area contributed by atoms with Gasteiger partial charge in [-0.1, -0.05) is 0 Å². The maximum atomic E-state index is 11.9. The lowest BCUT2D eigenvalue weighted by Gasteiger charge is -2.18. The molecule has 0 unspecified atom stereocenters. The molecule has 2 aromatic rings. The Morgan fingerprint density at radius 3 is 2.31 bits per heavy atom. The van der Waals surface area contributed by atoms with Crippen molar-refractivity contribution in [2.24, 2.45) is 0 Å². The average Bonchev–Trinajstić information content (AvgIpc) is 2.71. The Morgan fingerprint density at radius 1 is 0.966 bits per heavy atom. The van der Waals surface area contributed by atoms with Crippen molar-refractivity contribution in [2.45, 2.75) is 11.8 Å². The van der Waals surface area contributed by atoms with Crippen LogP contribution in [0.3, 0.4) is 0 Å². The van der Waals surface area contributed by atoms with Crippen molar-refractivity contribution in [1.82, 2.24) is 0 Å². The van der Waals surface area contributed by atoms with Crippen molar-refractivity contribution in [3.63, 3.8) is 0 Å². The molecule has 0 fully saturated rings. The Hall–Kier alpha value is -3.20. The summed E-state index contributed by atoms with van der Waals surface area (Å²) >= 11 is 1.29. The monoisotopic (exact) mass is 416 g/mol. The molecular weight excluding hydrogens is 396 g/mol. The fourth-order valence-corrected chi connectivity index (χ4v) is 3.20. The molecule has 0 aliphatic carbocycles. The van der Waals surface area contributed by atoms with Crippen molar-refractivity contribution in [3.8, 4) is 11.5 Å². The first-order valence-corrected chi connectivity index (χ1v) is 9.84. The average molecular weight is 416 g/mol. The number of hydrogen-bond donors (Lipinski definition) is 2. The molecule has 1 aliphatic heterocycles. The van der Waals surface area contributed by atoms with Crippen LogP contribution in [0.1, 0.15) is 6.92 Å². The molecule has 0 radical (unpaired) electrons. The minimum Gasteiger partial charge on any atom is -0.486 e. The molecule has 1 heterocycles. The molecule has 0 bridgehead atoms. The second-order valence-electron chi connectivity index (χ2n) is 6.06. The molecule has 9 heteroatoms. The topological polar surface area (TPSA) is 103 Å².